The summed E-state index contributed by atoms with van der Waals surface area (Å²) in [7, 11) is 0. The second-order valence-corrected chi connectivity index (χ2v) is 5.07. The predicted molar refractivity (Wildman–Crippen MR) is 79.6 cm³/mol. The fourth-order valence-corrected chi connectivity index (χ4v) is 2.39. The molecule has 6 heteroatoms. The first kappa shape index (κ1) is 13.5. The summed E-state index contributed by atoms with van der Waals surface area (Å²) in [6.45, 7) is 3.96. The Morgan fingerprint density at radius 1 is 1.33 bits per heavy atom. The van der Waals surface area contributed by atoms with Crippen molar-refractivity contribution in [2.24, 2.45) is 0 Å². The molecule has 21 heavy (non-hydrogen) atoms. The standard InChI is InChI=1S/C15H16N6/c1-10-13(15-18-7-11(6-16)8-19-15)2-3-14(20-10)21-12-4-5-17-9-12/h2-3,7-8,12,17H,4-5,9H2,1H3,(H,20,21)/t12-/m0/s1. The van der Waals surface area contributed by atoms with Crippen molar-refractivity contribution in [3.63, 3.8) is 0 Å². The number of hydrogen-bond acceptors (Lipinski definition) is 6. The monoisotopic (exact) mass is 280 g/mol. The predicted octanol–water partition coefficient (Wildman–Crippen LogP) is 1.49. The third-order valence-corrected chi connectivity index (χ3v) is 3.52. The van der Waals surface area contributed by atoms with Crippen LogP contribution in [-0.4, -0.2) is 34.1 Å². The highest BCUT2D eigenvalue weighted by molar-refractivity contribution is 5.60. The van der Waals surface area contributed by atoms with Gasteiger partial charge >= 0.3 is 0 Å². The van der Waals surface area contributed by atoms with Crippen molar-refractivity contribution in [1.82, 2.24) is 20.3 Å². The molecule has 1 fully saturated rings. The summed E-state index contributed by atoms with van der Waals surface area (Å²) in [6, 6.07) is 6.37. The SMILES string of the molecule is Cc1nc(N[C@H]2CCNC2)ccc1-c1ncc(C#N)cn1. The van der Waals surface area contributed by atoms with Gasteiger partial charge in [0, 0.05) is 30.5 Å². The number of anilines is 1. The van der Waals surface area contributed by atoms with Gasteiger partial charge < -0.3 is 10.6 Å². The van der Waals surface area contributed by atoms with E-state index in [9.17, 15) is 0 Å². The molecule has 3 rings (SSSR count). The zero-order valence-electron chi connectivity index (χ0n) is 11.8. The van der Waals surface area contributed by atoms with Crippen LogP contribution in [-0.2, 0) is 0 Å². The van der Waals surface area contributed by atoms with Crippen LogP contribution in [0.3, 0.4) is 0 Å². The molecule has 0 bridgehead atoms. The Bertz CT molecular complexity index is 668. The summed E-state index contributed by atoms with van der Waals surface area (Å²) >= 11 is 0. The van der Waals surface area contributed by atoms with Crippen molar-refractivity contribution in [1.29, 1.82) is 5.26 Å². The minimum Gasteiger partial charge on any atom is -0.366 e. The van der Waals surface area contributed by atoms with Gasteiger partial charge in [0.05, 0.1) is 11.3 Å². The summed E-state index contributed by atoms with van der Waals surface area (Å²) < 4.78 is 0. The summed E-state index contributed by atoms with van der Waals surface area (Å²) in [5, 5.41) is 15.5. The number of nitrogens with zero attached hydrogens (tertiary/aromatic N) is 4. The van der Waals surface area contributed by atoms with Crippen LogP contribution in [0, 0.1) is 18.3 Å². The van der Waals surface area contributed by atoms with Gasteiger partial charge in [-0.25, -0.2) is 15.0 Å². The quantitative estimate of drug-likeness (QED) is 0.886. The Morgan fingerprint density at radius 2 is 2.14 bits per heavy atom. The van der Waals surface area contributed by atoms with Crippen LogP contribution in [0.5, 0.6) is 0 Å². The molecule has 2 aromatic heterocycles. The van der Waals surface area contributed by atoms with E-state index in [1.54, 1.807) is 0 Å². The highest BCUT2D eigenvalue weighted by atomic mass is 15.1. The number of nitriles is 1. The van der Waals surface area contributed by atoms with Crippen molar-refractivity contribution in [3.05, 3.63) is 35.8 Å². The molecular formula is C15H16N6. The molecule has 2 aromatic rings. The minimum absolute atomic E-state index is 0.439. The number of rotatable bonds is 3. The van der Waals surface area contributed by atoms with E-state index in [2.05, 4.69) is 25.6 Å². The Hall–Kier alpha value is -2.52. The van der Waals surface area contributed by atoms with Crippen molar-refractivity contribution >= 4 is 5.82 Å². The van der Waals surface area contributed by atoms with Crippen LogP contribution in [0.25, 0.3) is 11.4 Å². The molecule has 1 atom stereocenters. The highest BCUT2D eigenvalue weighted by Gasteiger charge is 2.15. The third kappa shape index (κ3) is 2.98. The van der Waals surface area contributed by atoms with Crippen molar-refractivity contribution < 1.29 is 0 Å². The smallest absolute Gasteiger partial charge is 0.161 e. The summed E-state index contributed by atoms with van der Waals surface area (Å²) in [5.74, 6) is 1.46. The van der Waals surface area contributed by atoms with Gasteiger partial charge in [0.2, 0.25) is 0 Å². The number of pyridine rings is 1. The molecular weight excluding hydrogens is 264 g/mol. The molecule has 0 amide bonds. The van der Waals surface area contributed by atoms with E-state index in [-0.39, 0.29) is 0 Å². The van der Waals surface area contributed by atoms with E-state index >= 15 is 0 Å². The van der Waals surface area contributed by atoms with E-state index in [1.165, 1.54) is 12.4 Å². The molecule has 106 valence electrons. The topological polar surface area (TPSA) is 86.5 Å². The lowest BCUT2D eigenvalue weighted by molar-refractivity contribution is 0.787. The molecule has 6 nitrogen and oxygen atoms in total. The van der Waals surface area contributed by atoms with Gasteiger partial charge in [-0.2, -0.15) is 5.26 Å². The number of aryl methyl sites for hydroxylation is 1. The summed E-state index contributed by atoms with van der Waals surface area (Å²) in [4.78, 5) is 13.0. The molecule has 1 aliphatic heterocycles. The molecule has 0 unspecified atom stereocenters. The molecule has 2 N–H and O–H groups in total. The summed E-state index contributed by atoms with van der Waals surface area (Å²) in [5.41, 5.74) is 2.21. The Morgan fingerprint density at radius 3 is 2.76 bits per heavy atom. The van der Waals surface area contributed by atoms with Crippen LogP contribution in [0.2, 0.25) is 0 Å². The Balaban J connectivity index is 1.81. The normalized spacial score (nSPS) is 17.4. The van der Waals surface area contributed by atoms with Gasteiger partial charge in [-0.3, -0.25) is 0 Å². The van der Waals surface area contributed by atoms with Crippen molar-refractivity contribution in [2.75, 3.05) is 18.4 Å². The number of aromatic nitrogens is 3. The maximum absolute atomic E-state index is 8.77. The van der Waals surface area contributed by atoms with E-state index in [0.29, 0.717) is 17.4 Å². The first-order valence-corrected chi connectivity index (χ1v) is 6.93. The minimum atomic E-state index is 0.439. The lowest BCUT2D eigenvalue weighted by atomic mass is 10.2. The molecule has 0 spiro atoms. The highest BCUT2D eigenvalue weighted by Crippen LogP contribution is 2.20. The van der Waals surface area contributed by atoms with E-state index in [1.807, 2.05) is 25.1 Å². The molecule has 0 aromatic carbocycles. The van der Waals surface area contributed by atoms with Gasteiger partial charge in [0.25, 0.3) is 0 Å². The fourth-order valence-electron chi connectivity index (χ4n) is 2.39. The first-order valence-electron chi connectivity index (χ1n) is 6.93. The van der Waals surface area contributed by atoms with Gasteiger partial charge in [-0.05, 0) is 32.0 Å². The average molecular weight is 280 g/mol. The lowest BCUT2D eigenvalue weighted by Crippen LogP contribution is -2.22. The average Bonchev–Trinajstić information content (AvgIpc) is 3.01. The van der Waals surface area contributed by atoms with E-state index in [0.717, 1.165) is 36.6 Å². The second-order valence-electron chi connectivity index (χ2n) is 5.07. The number of hydrogen-bond donors (Lipinski definition) is 2. The van der Waals surface area contributed by atoms with Crippen molar-refractivity contribution in [3.8, 4) is 17.5 Å². The second kappa shape index (κ2) is 5.85. The van der Waals surface area contributed by atoms with Gasteiger partial charge in [0.1, 0.15) is 11.9 Å². The summed E-state index contributed by atoms with van der Waals surface area (Å²) in [6.07, 6.45) is 4.16. The van der Waals surface area contributed by atoms with Gasteiger partial charge in [-0.15, -0.1) is 0 Å². The van der Waals surface area contributed by atoms with Crippen LogP contribution in [0.4, 0.5) is 5.82 Å². The first-order chi connectivity index (χ1) is 10.3. The lowest BCUT2D eigenvalue weighted by Gasteiger charge is -2.13. The third-order valence-electron chi connectivity index (χ3n) is 3.52. The molecule has 3 heterocycles. The van der Waals surface area contributed by atoms with Crippen LogP contribution < -0.4 is 10.6 Å². The van der Waals surface area contributed by atoms with Crippen LogP contribution >= 0.6 is 0 Å². The molecule has 1 saturated heterocycles. The largest absolute Gasteiger partial charge is 0.366 e. The van der Waals surface area contributed by atoms with E-state index in [4.69, 9.17) is 5.26 Å². The molecule has 0 radical (unpaired) electrons. The Kier molecular flexibility index (Phi) is 3.75. The van der Waals surface area contributed by atoms with Gasteiger partial charge in [0.15, 0.2) is 5.82 Å². The molecule has 0 saturated carbocycles. The van der Waals surface area contributed by atoms with Crippen LogP contribution in [0.1, 0.15) is 17.7 Å². The maximum atomic E-state index is 8.77. The van der Waals surface area contributed by atoms with Gasteiger partial charge in [-0.1, -0.05) is 0 Å². The number of nitrogens with one attached hydrogen (secondary N) is 2. The Labute approximate surface area is 123 Å². The zero-order valence-corrected chi connectivity index (χ0v) is 11.8. The van der Waals surface area contributed by atoms with Crippen LogP contribution in [0.15, 0.2) is 24.5 Å². The van der Waals surface area contributed by atoms with Crippen molar-refractivity contribution in [2.45, 2.75) is 19.4 Å². The maximum Gasteiger partial charge on any atom is 0.161 e. The molecule has 0 aliphatic carbocycles. The fraction of sp³-hybridized carbons (Fsp3) is 0.333. The zero-order chi connectivity index (χ0) is 14.7. The van der Waals surface area contributed by atoms with E-state index < -0.39 is 0 Å². The molecule has 1 aliphatic rings.